The van der Waals surface area contributed by atoms with Crippen molar-refractivity contribution in [3.8, 4) is 0 Å². The van der Waals surface area contributed by atoms with Crippen LogP contribution in [0.3, 0.4) is 0 Å². The molecule has 0 aliphatic carbocycles. The van der Waals surface area contributed by atoms with E-state index in [2.05, 4.69) is 15.5 Å². The van der Waals surface area contributed by atoms with Gasteiger partial charge in [0, 0.05) is 74.1 Å². The second-order valence-electron chi connectivity index (χ2n) is 9.66. The molecular formula is C25H30ClN5O3. The zero-order chi connectivity index (χ0) is 23.8. The normalized spacial score (nSPS) is 22.7. The first kappa shape index (κ1) is 22.9. The van der Waals surface area contributed by atoms with Crippen LogP contribution in [-0.4, -0.2) is 58.5 Å². The molecule has 0 spiro atoms. The van der Waals surface area contributed by atoms with Gasteiger partial charge in [-0.3, -0.25) is 14.5 Å². The summed E-state index contributed by atoms with van der Waals surface area (Å²) < 4.78 is 1.85. The second-order valence-corrected chi connectivity index (χ2v) is 10.1. The fourth-order valence-electron chi connectivity index (χ4n) is 5.82. The van der Waals surface area contributed by atoms with Gasteiger partial charge in [-0.25, -0.2) is 4.79 Å². The van der Waals surface area contributed by atoms with E-state index in [4.69, 9.17) is 11.6 Å². The van der Waals surface area contributed by atoms with Gasteiger partial charge in [0.1, 0.15) is 0 Å². The average molecular weight is 484 g/mol. The van der Waals surface area contributed by atoms with Crippen LogP contribution in [0.25, 0.3) is 0 Å². The van der Waals surface area contributed by atoms with Crippen molar-refractivity contribution in [1.82, 2.24) is 14.4 Å². The van der Waals surface area contributed by atoms with Gasteiger partial charge in [0.25, 0.3) is 5.56 Å². The highest BCUT2D eigenvalue weighted by molar-refractivity contribution is 6.30. The number of rotatable bonds is 3. The highest BCUT2D eigenvalue weighted by Crippen LogP contribution is 2.40. The van der Waals surface area contributed by atoms with Gasteiger partial charge in [0.05, 0.1) is 5.69 Å². The molecule has 4 heterocycles. The maximum atomic E-state index is 12.7. The smallest absolute Gasteiger partial charge is 0.323 e. The summed E-state index contributed by atoms with van der Waals surface area (Å²) in [6.07, 6.45) is 2.98. The predicted molar refractivity (Wildman–Crippen MR) is 132 cm³/mol. The summed E-state index contributed by atoms with van der Waals surface area (Å²) >= 11 is 5.93. The second kappa shape index (κ2) is 9.43. The summed E-state index contributed by atoms with van der Waals surface area (Å²) in [5.74, 6) is 0.737. The third-order valence-corrected chi connectivity index (χ3v) is 7.65. The highest BCUT2D eigenvalue weighted by Gasteiger charge is 2.39. The number of hydrogen-bond acceptors (Lipinski definition) is 4. The molecule has 3 amide bonds. The van der Waals surface area contributed by atoms with Crippen LogP contribution in [0.5, 0.6) is 0 Å². The van der Waals surface area contributed by atoms with E-state index >= 15 is 0 Å². The van der Waals surface area contributed by atoms with Gasteiger partial charge in [-0.05, 0) is 55.5 Å². The molecular weight excluding hydrogens is 454 g/mol. The molecule has 8 nitrogen and oxygen atoms in total. The number of aromatic nitrogens is 1. The molecule has 0 unspecified atom stereocenters. The van der Waals surface area contributed by atoms with Crippen LogP contribution in [0.15, 0.2) is 41.2 Å². The molecule has 2 atom stereocenters. The van der Waals surface area contributed by atoms with Gasteiger partial charge in [0.2, 0.25) is 5.91 Å². The molecule has 0 radical (unpaired) electrons. The van der Waals surface area contributed by atoms with E-state index in [1.54, 1.807) is 37.3 Å². The first-order valence-electron chi connectivity index (χ1n) is 11.9. The number of nitrogens with zero attached hydrogens (tertiary/aromatic N) is 3. The molecule has 34 heavy (non-hydrogen) atoms. The van der Waals surface area contributed by atoms with E-state index in [-0.39, 0.29) is 23.4 Å². The van der Waals surface area contributed by atoms with Crippen molar-refractivity contribution in [3.05, 3.63) is 57.5 Å². The minimum atomic E-state index is -0.352. The van der Waals surface area contributed by atoms with Gasteiger partial charge in [-0.1, -0.05) is 11.6 Å². The number of likely N-dealkylation sites (tertiary alicyclic amines) is 2. The standard InChI is InChI=1S/C25H30ClN5O3/c1-16(32)29-10-8-21(9-11-29)30-13-17-12-18(15-30)24-22(6-7-23(33)31(24)14-17)28-25(34)27-20-4-2-19(26)3-5-20/h2-7,17-18,21H,8-15H2,1H3,(H2,27,28,34)/t17-,18+/m0/s1. The topological polar surface area (TPSA) is 86.7 Å². The third-order valence-electron chi connectivity index (χ3n) is 7.39. The van der Waals surface area contributed by atoms with Gasteiger partial charge < -0.3 is 20.1 Å². The van der Waals surface area contributed by atoms with Crippen LogP contribution in [0.4, 0.5) is 16.2 Å². The SMILES string of the molecule is CC(=O)N1CCC(N2C[C@@H]3C[C@H](C2)c2c(NC(=O)Nc4ccc(Cl)cc4)ccc(=O)n2C3)CC1. The van der Waals surface area contributed by atoms with Gasteiger partial charge in [-0.2, -0.15) is 0 Å². The van der Waals surface area contributed by atoms with Crippen molar-refractivity contribution < 1.29 is 9.59 Å². The Morgan fingerprint density at radius 3 is 2.41 bits per heavy atom. The number of carbonyl (C=O) groups excluding carboxylic acids is 2. The number of piperidine rings is 2. The van der Waals surface area contributed by atoms with E-state index in [1.807, 2.05) is 9.47 Å². The molecule has 2 bridgehead atoms. The van der Waals surface area contributed by atoms with Crippen molar-refractivity contribution >= 4 is 34.9 Å². The quantitative estimate of drug-likeness (QED) is 0.698. The third kappa shape index (κ3) is 4.70. The predicted octanol–water partition coefficient (Wildman–Crippen LogP) is 3.58. The Labute approximate surface area is 203 Å². The Kier molecular flexibility index (Phi) is 6.36. The highest BCUT2D eigenvalue weighted by atomic mass is 35.5. The number of pyridine rings is 1. The fraction of sp³-hybridized carbons (Fsp3) is 0.480. The maximum absolute atomic E-state index is 12.7. The van der Waals surface area contributed by atoms with Crippen molar-refractivity contribution in [3.63, 3.8) is 0 Å². The van der Waals surface area contributed by atoms with Crippen LogP contribution < -0.4 is 16.2 Å². The number of carbonyl (C=O) groups is 2. The summed E-state index contributed by atoms with van der Waals surface area (Å²) in [5.41, 5.74) is 2.23. The molecule has 1 aromatic carbocycles. The van der Waals surface area contributed by atoms with E-state index in [9.17, 15) is 14.4 Å². The minimum Gasteiger partial charge on any atom is -0.343 e. The van der Waals surface area contributed by atoms with Crippen molar-refractivity contribution in [2.24, 2.45) is 5.92 Å². The lowest BCUT2D eigenvalue weighted by molar-refractivity contribution is -0.130. The van der Waals surface area contributed by atoms with Gasteiger partial charge >= 0.3 is 6.03 Å². The Hall–Kier alpha value is -2.84. The molecule has 3 aliphatic rings. The Morgan fingerprint density at radius 2 is 1.71 bits per heavy atom. The van der Waals surface area contributed by atoms with Crippen molar-refractivity contribution in [2.75, 3.05) is 36.8 Å². The summed E-state index contributed by atoms with van der Waals surface area (Å²) in [6.45, 7) is 5.75. The molecule has 1 aromatic heterocycles. The molecule has 2 fully saturated rings. The van der Waals surface area contributed by atoms with E-state index < -0.39 is 0 Å². The lowest BCUT2D eigenvalue weighted by atomic mass is 9.81. The minimum absolute atomic E-state index is 0.0171. The Balaban J connectivity index is 1.33. The van der Waals surface area contributed by atoms with E-state index in [1.165, 1.54) is 6.07 Å². The monoisotopic (exact) mass is 483 g/mol. The summed E-state index contributed by atoms with van der Waals surface area (Å²) in [4.78, 5) is 41.6. The van der Waals surface area contributed by atoms with E-state index in [0.717, 1.165) is 51.1 Å². The Bertz CT molecular complexity index is 1140. The van der Waals surface area contributed by atoms with Crippen LogP contribution in [-0.2, 0) is 11.3 Å². The molecule has 2 N–H and O–H groups in total. The summed E-state index contributed by atoms with van der Waals surface area (Å²) in [5, 5.41) is 6.40. The molecule has 9 heteroatoms. The maximum Gasteiger partial charge on any atom is 0.323 e. The molecule has 3 aliphatic heterocycles. The van der Waals surface area contributed by atoms with Crippen molar-refractivity contribution in [1.29, 1.82) is 0 Å². The number of benzene rings is 1. The van der Waals surface area contributed by atoms with Crippen molar-refractivity contribution in [2.45, 2.75) is 44.7 Å². The number of halogens is 1. The molecule has 2 saturated heterocycles. The van der Waals surface area contributed by atoms with Crippen LogP contribution in [0, 0.1) is 5.92 Å². The van der Waals surface area contributed by atoms with Crippen LogP contribution in [0.2, 0.25) is 5.02 Å². The largest absolute Gasteiger partial charge is 0.343 e. The zero-order valence-corrected chi connectivity index (χ0v) is 20.1. The molecule has 0 saturated carbocycles. The lowest BCUT2D eigenvalue weighted by Crippen LogP contribution is -2.53. The number of fused-ring (bicyclic) bond motifs is 4. The first-order chi connectivity index (χ1) is 16.4. The average Bonchev–Trinajstić information content (AvgIpc) is 2.82. The number of anilines is 2. The fourth-order valence-corrected chi connectivity index (χ4v) is 5.95. The Morgan fingerprint density at radius 1 is 0.971 bits per heavy atom. The number of hydrogen-bond donors (Lipinski definition) is 2. The summed E-state index contributed by atoms with van der Waals surface area (Å²) in [7, 11) is 0. The van der Waals surface area contributed by atoms with Gasteiger partial charge in [-0.15, -0.1) is 0 Å². The van der Waals surface area contributed by atoms with E-state index in [0.29, 0.717) is 34.9 Å². The number of urea groups is 1. The first-order valence-corrected chi connectivity index (χ1v) is 12.3. The molecule has 5 rings (SSSR count). The van der Waals surface area contributed by atoms with Crippen LogP contribution in [0.1, 0.15) is 37.8 Å². The van der Waals surface area contributed by atoms with Gasteiger partial charge in [0.15, 0.2) is 0 Å². The number of nitrogens with one attached hydrogen (secondary N) is 2. The number of amides is 3. The summed E-state index contributed by atoms with van der Waals surface area (Å²) in [6, 6.07) is 10.3. The molecule has 180 valence electrons. The molecule has 2 aromatic rings. The lowest BCUT2D eigenvalue weighted by Gasteiger charge is -2.47. The van der Waals surface area contributed by atoms with Crippen LogP contribution >= 0.6 is 11.6 Å². The zero-order valence-electron chi connectivity index (χ0n) is 19.3.